The summed E-state index contributed by atoms with van der Waals surface area (Å²) in [6.07, 6.45) is 0. The third-order valence-corrected chi connectivity index (χ3v) is 4.47. The predicted molar refractivity (Wildman–Crippen MR) is 110 cm³/mol. The van der Waals surface area contributed by atoms with E-state index < -0.39 is 6.04 Å². The van der Waals surface area contributed by atoms with Gasteiger partial charge in [0.2, 0.25) is 5.91 Å². The number of carbonyl (C=O) groups is 1. The number of hydrogen-bond acceptors (Lipinski definition) is 3. The van der Waals surface area contributed by atoms with Crippen LogP contribution in [-0.2, 0) is 11.4 Å². The highest BCUT2D eigenvalue weighted by Crippen LogP contribution is 2.28. The summed E-state index contributed by atoms with van der Waals surface area (Å²) < 4.78 is 5.79. The Morgan fingerprint density at radius 3 is 2.14 bits per heavy atom. The first-order valence-corrected chi connectivity index (χ1v) is 9.35. The number of benzene rings is 3. The maximum Gasteiger partial charge on any atom is 0.243 e. The molecule has 4 nitrogen and oxygen atoms in total. The topological polar surface area (TPSA) is 53.3 Å². The van der Waals surface area contributed by atoms with Crippen molar-refractivity contribution in [2.75, 3.05) is 10.8 Å². The number of ether oxygens (including phenoxy) is 1. The summed E-state index contributed by atoms with van der Waals surface area (Å²) in [5.41, 5.74) is 2.39. The third-order valence-electron chi connectivity index (χ3n) is 4.24. The number of nitrogens with zero attached hydrogens (tertiary/aromatic N) is 2. The minimum absolute atomic E-state index is 0.203. The molecule has 1 amide bonds. The van der Waals surface area contributed by atoms with Gasteiger partial charge in [0.1, 0.15) is 24.3 Å². The number of halogens is 1. The van der Waals surface area contributed by atoms with E-state index in [-0.39, 0.29) is 11.8 Å². The Morgan fingerprint density at radius 1 is 0.964 bits per heavy atom. The standard InChI is InChI=1S/C23H19ClN2O2/c24-15-23(27)26(20-9-5-2-6-10-20)22(16-25)19-11-13-21(14-12-19)28-17-18-7-3-1-4-8-18/h1-14,22H,15,17H2. The first-order chi connectivity index (χ1) is 13.7. The van der Waals surface area contributed by atoms with Gasteiger partial charge in [-0.1, -0.05) is 60.7 Å². The van der Waals surface area contributed by atoms with Crippen molar-refractivity contribution in [1.29, 1.82) is 5.26 Å². The van der Waals surface area contributed by atoms with Crippen LogP contribution in [0.1, 0.15) is 17.2 Å². The average Bonchev–Trinajstić information content (AvgIpc) is 2.77. The Hall–Kier alpha value is -3.29. The molecule has 1 atom stereocenters. The van der Waals surface area contributed by atoms with Gasteiger partial charge >= 0.3 is 0 Å². The van der Waals surface area contributed by atoms with Crippen LogP contribution in [0.25, 0.3) is 0 Å². The Morgan fingerprint density at radius 2 is 1.57 bits per heavy atom. The van der Waals surface area contributed by atoms with Crippen molar-refractivity contribution < 1.29 is 9.53 Å². The zero-order valence-electron chi connectivity index (χ0n) is 15.2. The van der Waals surface area contributed by atoms with Gasteiger partial charge in [0, 0.05) is 5.69 Å². The first kappa shape index (κ1) is 19.5. The molecule has 0 radical (unpaired) electrons. The molecule has 5 heteroatoms. The lowest BCUT2D eigenvalue weighted by Gasteiger charge is -2.27. The van der Waals surface area contributed by atoms with Crippen LogP contribution in [0, 0.1) is 11.3 Å². The van der Waals surface area contributed by atoms with Crippen LogP contribution in [0.15, 0.2) is 84.9 Å². The minimum Gasteiger partial charge on any atom is -0.489 e. The number of anilines is 1. The van der Waals surface area contributed by atoms with E-state index in [9.17, 15) is 10.1 Å². The SMILES string of the molecule is N#CC(c1ccc(OCc2ccccc2)cc1)N(C(=O)CCl)c1ccccc1. The van der Waals surface area contributed by atoms with Crippen LogP contribution < -0.4 is 9.64 Å². The van der Waals surface area contributed by atoms with E-state index in [1.54, 1.807) is 36.4 Å². The molecule has 0 aliphatic rings. The van der Waals surface area contributed by atoms with Crippen LogP contribution in [-0.4, -0.2) is 11.8 Å². The summed E-state index contributed by atoms with van der Waals surface area (Å²) in [6.45, 7) is 0.461. The Kier molecular flexibility index (Phi) is 6.67. The molecule has 0 aromatic heterocycles. The molecule has 0 saturated carbocycles. The van der Waals surface area contributed by atoms with Crippen LogP contribution >= 0.6 is 11.6 Å². The number of alkyl halides is 1. The Balaban J connectivity index is 1.79. The van der Waals surface area contributed by atoms with E-state index in [1.165, 1.54) is 4.90 Å². The lowest BCUT2D eigenvalue weighted by Crippen LogP contribution is -2.35. The number of nitriles is 1. The van der Waals surface area contributed by atoms with E-state index in [1.807, 2.05) is 48.5 Å². The van der Waals surface area contributed by atoms with Crippen molar-refractivity contribution in [2.24, 2.45) is 0 Å². The van der Waals surface area contributed by atoms with Gasteiger partial charge in [-0.25, -0.2) is 0 Å². The van der Waals surface area contributed by atoms with Crippen molar-refractivity contribution in [3.63, 3.8) is 0 Å². The number of hydrogen-bond donors (Lipinski definition) is 0. The second-order valence-corrected chi connectivity index (χ2v) is 6.38. The molecule has 3 rings (SSSR count). The first-order valence-electron chi connectivity index (χ1n) is 8.82. The van der Waals surface area contributed by atoms with Gasteiger partial charge in [-0.3, -0.25) is 9.69 Å². The molecule has 140 valence electrons. The molecule has 0 aliphatic heterocycles. The summed E-state index contributed by atoms with van der Waals surface area (Å²) in [5.74, 6) is 0.161. The largest absolute Gasteiger partial charge is 0.489 e. The van der Waals surface area contributed by atoms with Gasteiger partial charge < -0.3 is 4.74 Å². The molecule has 0 fully saturated rings. The van der Waals surface area contributed by atoms with Crippen LogP contribution in [0.2, 0.25) is 0 Å². The fraction of sp³-hybridized carbons (Fsp3) is 0.130. The Bertz CT molecular complexity index is 938. The quantitative estimate of drug-likeness (QED) is 0.527. The summed E-state index contributed by atoms with van der Waals surface area (Å²) in [4.78, 5) is 13.9. The van der Waals surface area contributed by atoms with E-state index in [0.29, 0.717) is 23.6 Å². The number of carbonyl (C=O) groups excluding carboxylic acids is 1. The summed E-state index contributed by atoms with van der Waals surface area (Å²) in [7, 11) is 0. The zero-order chi connectivity index (χ0) is 19.8. The highest BCUT2D eigenvalue weighted by atomic mass is 35.5. The monoisotopic (exact) mass is 390 g/mol. The number of para-hydroxylation sites is 1. The summed E-state index contributed by atoms with van der Waals surface area (Å²) >= 11 is 5.79. The van der Waals surface area contributed by atoms with Crippen molar-refractivity contribution in [3.8, 4) is 11.8 Å². The van der Waals surface area contributed by atoms with Crippen molar-refractivity contribution >= 4 is 23.2 Å². The second-order valence-electron chi connectivity index (χ2n) is 6.11. The highest BCUT2D eigenvalue weighted by molar-refractivity contribution is 6.29. The van der Waals surface area contributed by atoms with Gasteiger partial charge in [-0.15, -0.1) is 11.6 Å². The molecular formula is C23H19ClN2O2. The lowest BCUT2D eigenvalue weighted by molar-refractivity contribution is -0.116. The van der Waals surface area contributed by atoms with Crippen molar-refractivity contribution in [1.82, 2.24) is 0 Å². The van der Waals surface area contributed by atoms with E-state index in [2.05, 4.69) is 6.07 Å². The van der Waals surface area contributed by atoms with Gasteiger partial charge in [0.05, 0.1) is 6.07 Å². The molecule has 0 heterocycles. The molecule has 1 unspecified atom stereocenters. The fourth-order valence-corrected chi connectivity index (χ4v) is 2.99. The highest BCUT2D eigenvalue weighted by Gasteiger charge is 2.26. The average molecular weight is 391 g/mol. The van der Waals surface area contributed by atoms with Crippen molar-refractivity contribution in [3.05, 3.63) is 96.1 Å². The molecule has 0 N–H and O–H groups in total. The third kappa shape index (κ3) is 4.70. The lowest BCUT2D eigenvalue weighted by atomic mass is 10.1. The predicted octanol–water partition coefficient (Wildman–Crippen LogP) is 5.10. The molecule has 0 spiro atoms. The van der Waals surface area contributed by atoms with E-state index in [4.69, 9.17) is 16.3 Å². The fourth-order valence-electron chi connectivity index (χ4n) is 2.86. The van der Waals surface area contributed by atoms with Gasteiger partial charge in [-0.05, 0) is 35.4 Å². The number of rotatable bonds is 7. The molecule has 0 aliphatic carbocycles. The molecule has 28 heavy (non-hydrogen) atoms. The summed E-state index contributed by atoms with van der Waals surface area (Å²) in [6, 6.07) is 27.6. The second kappa shape index (κ2) is 9.59. The van der Waals surface area contributed by atoms with Gasteiger partial charge in [0.15, 0.2) is 0 Å². The maximum absolute atomic E-state index is 12.4. The smallest absolute Gasteiger partial charge is 0.243 e. The van der Waals surface area contributed by atoms with Crippen molar-refractivity contribution in [2.45, 2.75) is 12.6 Å². The van der Waals surface area contributed by atoms with Crippen LogP contribution in [0.4, 0.5) is 5.69 Å². The molecule has 3 aromatic rings. The van der Waals surface area contributed by atoms with Crippen LogP contribution in [0.3, 0.4) is 0 Å². The van der Waals surface area contributed by atoms with Gasteiger partial charge in [-0.2, -0.15) is 5.26 Å². The number of amides is 1. The zero-order valence-corrected chi connectivity index (χ0v) is 15.9. The van der Waals surface area contributed by atoms with Crippen LogP contribution in [0.5, 0.6) is 5.75 Å². The minimum atomic E-state index is -0.781. The summed E-state index contributed by atoms with van der Waals surface area (Å²) in [5, 5.41) is 9.76. The molecule has 3 aromatic carbocycles. The maximum atomic E-state index is 12.4. The Labute approximate surface area is 169 Å². The normalized spacial score (nSPS) is 11.3. The van der Waals surface area contributed by atoms with E-state index in [0.717, 1.165) is 5.56 Å². The molecule has 0 saturated heterocycles. The van der Waals surface area contributed by atoms with Gasteiger partial charge in [0.25, 0.3) is 0 Å². The van der Waals surface area contributed by atoms with E-state index >= 15 is 0 Å². The molecular weight excluding hydrogens is 372 g/mol. The molecule has 0 bridgehead atoms.